The fraction of sp³-hybridized carbons (Fsp3) is 0.481. The van der Waals surface area contributed by atoms with Crippen LogP contribution in [-0.2, 0) is 67.2 Å². The molecule has 0 spiro atoms. The number of halogens is 2. The monoisotopic (exact) mass is 1130 g/mol. The van der Waals surface area contributed by atoms with E-state index in [1.54, 1.807) is 43.5 Å². The minimum atomic E-state index is -3.72. The van der Waals surface area contributed by atoms with E-state index in [-0.39, 0.29) is 95.9 Å². The molecule has 424 valence electrons. The summed E-state index contributed by atoms with van der Waals surface area (Å²) in [4.78, 5) is 56.4. The van der Waals surface area contributed by atoms with Gasteiger partial charge in [0.1, 0.15) is 36.6 Å². The van der Waals surface area contributed by atoms with Crippen LogP contribution in [0.3, 0.4) is 0 Å². The highest BCUT2D eigenvalue weighted by molar-refractivity contribution is 8.00. The summed E-state index contributed by atoms with van der Waals surface area (Å²) in [6, 6.07) is 11.4. The van der Waals surface area contributed by atoms with Gasteiger partial charge in [0.2, 0.25) is 21.9 Å². The third-order valence-electron chi connectivity index (χ3n) is 12.2. The normalized spacial score (nSPS) is 18.8. The number of hydrogen-bond donors (Lipinski definition) is 0. The topological polar surface area (TPSA) is 234 Å². The van der Waals surface area contributed by atoms with Gasteiger partial charge in [-0.25, -0.2) is 50.4 Å². The molecule has 0 amide bonds. The number of carbonyl (C=O) groups is 3. The molecular formula is C54H68F2N6O14S2. The highest BCUT2D eigenvalue weighted by Crippen LogP contribution is 2.34. The Morgan fingerprint density at radius 3 is 1.50 bits per heavy atom. The summed E-state index contributed by atoms with van der Waals surface area (Å²) in [7, 11) is -3.48. The second kappa shape index (κ2) is 27.9. The molecule has 2 aromatic carbocycles. The SMILES string of the molecule is C=S(C)(=O)N(C)c1nc(-c2ccc(F)cc2)c(/C=C/C2CC(OCCOCCOCCOCCOC(=O)OC3CC(=O)OC(/C=C/c4c(-c5ccc(F)cc5)nc(N(C)S(C)(=O)=O)nc4C(C)C)C3)CC(=O)O2)c(C(C)C)n1. The van der Waals surface area contributed by atoms with Crippen LogP contribution in [0, 0.1) is 11.6 Å². The van der Waals surface area contributed by atoms with Gasteiger partial charge in [-0.2, -0.15) is 0 Å². The van der Waals surface area contributed by atoms with Gasteiger partial charge in [-0.15, -0.1) is 0 Å². The van der Waals surface area contributed by atoms with E-state index in [9.17, 15) is 35.8 Å². The number of nitrogens with zero attached hydrogens (tertiary/aromatic N) is 6. The summed E-state index contributed by atoms with van der Waals surface area (Å²) in [5, 5.41) is 0. The molecule has 24 heteroatoms. The molecule has 2 aliphatic heterocycles. The van der Waals surface area contributed by atoms with Crippen LogP contribution in [0.5, 0.6) is 0 Å². The Morgan fingerprint density at radius 2 is 1.06 bits per heavy atom. The number of carbonyl (C=O) groups excluding carboxylic acids is 3. The number of sulfonamides is 1. The van der Waals surface area contributed by atoms with Gasteiger partial charge in [-0.3, -0.25) is 13.9 Å². The van der Waals surface area contributed by atoms with E-state index >= 15 is 0 Å². The van der Waals surface area contributed by atoms with Crippen LogP contribution in [0.1, 0.15) is 87.7 Å². The average molecular weight is 1130 g/mol. The van der Waals surface area contributed by atoms with Gasteiger partial charge in [0, 0.05) is 65.2 Å². The Balaban J connectivity index is 0.882. The Labute approximate surface area is 454 Å². The van der Waals surface area contributed by atoms with Gasteiger partial charge >= 0.3 is 18.1 Å². The summed E-state index contributed by atoms with van der Waals surface area (Å²) in [6.07, 6.45) is 6.06. The van der Waals surface area contributed by atoms with Crippen molar-refractivity contribution in [1.29, 1.82) is 0 Å². The number of anilines is 2. The molecule has 6 rings (SSSR count). The van der Waals surface area contributed by atoms with Gasteiger partial charge in [0.25, 0.3) is 0 Å². The van der Waals surface area contributed by atoms with E-state index in [1.165, 1.54) is 54.0 Å². The highest BCUT2D eigenvalue weighted by Gasteiger charge is 2.32. The Bertz CT molecular complexity index is 3000. The molecule has 0 bridgehead atoms. The first-order valence-corrected chi connectivity index (χ1v) is 29.2. The zero-order valence-electron chi connectivity index (χ0n) is 45.1. The molecule has 2 fully saturated rings. The molecule has 0 saturated carbocycles. The number of aromatic nitrogens is 4. The minimum absolute atomic E-state index is 0.0570. The van der Waals surface area contributed by atoms with Crippen molar-refractivity contribution in [1.82, 2.24) is 19.9 Å². The quantitative estimate of drug-likeness (QED) is 0.0259. The van der Waals surface area contributed by atoms with Crippen LogP contribution >= 0.6 is 0 Å². The van der Waals surface area contributed by atoms with Gasteiger partial charge in [0.15, 0.2) is 0 Å². The van der Waals surface area contributed by atoms with E-state index < -0.39 is 73.9 Å². The van der Waals surface area contributed by atoms with Crippen LogP contribution in [0.4, 0.5) is 25.5 Å². The lowest BCUT2D eigenvalue weighted by Gasteiger charge is -2.27. The zero-order chi connectivity index (χ0) is 56.7. The largest absolute Gasteiger partial charge is 0.508 e. The maximum absolute atomic E-state index is 13.9. The van der Waals surface area contributed by atoms with Crippen LogP contribution in [-0.4, -0.2) is 160 Å². The molecule has 2 saturated heterocycles. The number of hydrogen-bond acceptors (Lipinski definition) is 18. The van der Waals surface area contributed by atoms with E-state index in [0.717, 1.165) is 10.6 Å². The van der Waals surface area contributed by atoms with Crippen molar-refractivity contribution in [2.75, 3.05) is 88.1 Å². The smallest absolute Gasteiger partial charge is 0.458 e. The first-order valence-electron chi connectivity index (χ1n) is 25.3. The fourth-order valence-electron chi connectivity index (χ4n) is 8.03. The first-order chi connectivity index (χ1) is 37.0. The Morgan fingerprint density at radius 1 is 0.654 bits per heavy atom. The van der Waals surface area contributed by atoms with E-state index in [1.807, 2.05) is 27.7 Å². The summed E-state index contributed by atoms with van der Waals surface area (Å²) >= 11 is 0. The molecule has 4 heterocycles. The van der Waals surface area contributed by atoms with Crippen molar-refractivity contribution < 1.29 is 73.7 Å². The summed E-state index contributed by atoms with van der Waals surface area (Å²) in [6.45, 7) is 9.10. The highest BCUT2D eigenvalue weighted by atomic mass is 32.2. The molecule has 20 nitrogen and oxygen atoms in total. The van der Waals surface area contributed by atoms with E-state index in [4.69, 9.17) is 47.9 Å². The van der Waals surface area contributed by atoms with Gasteiger partial charge in [-0.05, 0) is 78.4 Å². The molecule has 2 aromatic heterocycles. The zero-order valence-corrected chi connectivity index (χ0v) is 46.7. The number of cyclic esters (lactones) is 2. The second-order valence-corrected chi connectivity index (χ2v) is 23.7. The molecule has 2 aliphatic rings. The predicted octanol–water partition coefficient (Wildman–Crippen LogP) is 7.31. The molecule has 4 aromatic rings. The van der Waals surface area contributed by atoms with Gasteiger partial charge in [0.05, 0.1) is 94.2 Å². The molecular weight excluding hydrogens is 1060 g/mol. The lowest BCUT2D eigenvalue weighted by molar-refractivity contribution is -0.160. The maximum Gasteiger partial charge on any atom is 0.508 e. The van der Waals surface area contributed by atoms with Gasteiger partial charge < -0.3 is 37.9 Å². The number of benzene rings is 2. The maximum atomic E-state index is 13.9. The lowest BCUT2D eigenvalue weighted by Crippen LogP contribution is -2.34. The predicted molar refractivity (Wildman–Crippen MR) is 291 cm³/mol. The first kappa shape index (κ1) is 60.8. The van der Waals surface area contributed by atoms with Crippen LogP contribution < -0.4 is 8.61 Å². The molecule has 0 radical (unpaired) electrons. The van der Waals surface area contributed by atoms with Crippen LogP contribution in [0.2, 0.25) is 0 Å². The number of esters is 2. The van der Waals surface area contributed by atoms with Crippen molar-refractivity contribution in [3.05, 3.63) is 94.8 Å². The summed E-state index contributed by atoms with van der Waals surface area (Å²) in [5.74, 6) is 1.70. The van der Waals surface area contributed by atoms with Gasteiger partial charge in [-0.1, -0.05) is 39.8 Å². The summed E-state index contributed by atoms with van der Waals surface area (Å²) < 4.78 is 112. The third-order valence-corrected chi connectivity index (χ3v) is 14.7. The Hall–Kier alpha value is -6.44. The standard InChI is InChI=1S/C54H68F2N6O14S2/c1-34(2)48-44(50(36-10-14-38(55)15-11-36)59-52(57-48)61(5)77(7,8)66)20-18-40-30-42(32-46(63)74-40)72-28-26-70-24-22-69-23-25-71-27-29-73-54(65)76-43-31-41(75-47(64)33-43)19-21-45-49(35(3)4)58-53(62(6)78(9,67)68)60-51(45)37-12-16-39(56)17-13-37/h10-21,34-35,40-43H,7,22-33H2,1-6,8-9H3/b20-18+,21-19+. The van der Waals surface area contributed by atoms with Crippen LogP contribution in [0.15, 0.2) is 60.7 Å². The summed E-state index contributed by atoms with van der Waals surface area (Å²) in [5.41, 5.74) is 4.23. The van der Waals surface area contributed by atoms with E-state index in [2.05, 4.69) is 15.8 Å². The van der Waals surface area contributed by atoms with Crippen LogP contribution in [0.25, 0.3) is 34.7 Å². The third kappa shape index (κ3) is 17.8. The number of rotatable bonds is 26. The van der Waals surface area contributed by atoms with Crippen molar-refractivity contribution in [3.8, 4) is 22.5 Å². The minimum Gasteiger partial charge on any atom is -0.458 e. The second-order valence-electron chi connectivity index (χ2n) is 19.2. The van der Waals surface area contributed by atoms with Crippen molar-refractivity contribution in [2.24, 2.45) is 0 Å². The molecule has 0 aliphatic carbocycles. The molecule has 0 N–H and O–H groups in total. The molecule has 78 heavy (non-hydrogen) atoms. The van der Waals surface area contributed by atoms with E-state index in [0.29, 0.717) is 51.5 Å². The lowest BCUT2D eigenvalue weighted by atomic mass is 9.97. The van der Waals surface area contributed by atoms with Crippen molar-refractivity contribution in [3.63, 3.8) is 0 Å². The Kier molecular flexibility index (Phi) is 21.8. The fourth-order valence-corrected chi connectivity index (χ4v) is 8.84. The molecule has 5 unspecified atom stereocenters. The van der Waals surface area contributed by atoms with Crippen molar-refractivity contribution >= 4 is 67.7 Å². The van der Waals surface area contributed by atoms with Crippen molar-refractivity contribution in [2.45, 2.75) is 89.6 Å². The molecule has 5 atom stereocenters. The number of ether oxygens (including phenoxy) is 8. The average Bonchev–Trinajstić information content (AvgIpc) is 3.45.